The summed E-state index contributed by atoms with van der Waals surface area (Å²) in [5.41, 5.74) is 3.72. The maximum Gasteiger partial charge on any atom is 0.253 e. The van der Waals surface area contributed by atoms with E-state index in [2.05, 4.69) is 39.1 Å². The van der Waals surface area contributed by atoms with Gasteiger partial charge in [-0.15, -0.1) is 0 Å². The van der Waals surface area contributed by atoms with Crippen LogP contribution in [0.4, 0.5) is 5.82 Å². The Bertz CT molecular complexity index is 852. The van der Waals surface area contributed by atoms with Crippen LogP contribution in [0.5, 0.6) is 0 Å². The van der Waals surface area contributed by atoms with Gasteiger partial charge in [0.25, 0.3) is 5.91 Å². The number of hydrogen-bond acceptors (Lipinski definition) is 5. The van der Waals surface area contributed by atoms with Crippen LogP contribution in [0.1, 0.15) is 35.6 Å². The molecule has 0 N–H and O–H groups in total. The number of hydrogen-bond donors (Lipinski definition) is 0. The number of carbonyl (C=O) groups excluding carboxylic acids is 1. The summed E-state index contributed by atoms with van der Waals surface area (Å²) in [6.07, 6.45) is 4.57. The Morgan fingerprint density at radius 1 is 1.11 bits per heavy atom. The quantitative estimate of drug-likeness (QED) is 0.835. The van der Waals surface area contributed by atoms with Gasteiger partial charge in [-0.2, -0.15) is 0 Å². The predicted octanol–water partition coefficient (Wildman–Crippen LogP) is 2.14. The van der Waals surface area contributed by atoms with E-state index in [0.29, 0.717) is 25.6 Å². The number of rotatable bonds is 3. The van der Waals surface area contributed by atoms with Crippen LogP contribution < -0.4 is 4.90 Å². The normalized spacial score (nSPS) is 22.4. The van der Waals surface area contributed by atoms with E-state index in [1.165, 1.54) is 24.0 Å². The second-order valence-corrected chi connectivity index (χ2v) is 7.66. The SMILES string of the molecule is O=C(C1CN(c2cc(C3CC3)ncn2)CCO1)N1CCc2ccccc2C1. The lowest BCUT2D eigenvalue weighted by Gasteiger charge is -2.37. The van der Waals surface area contributed by atoms with E-state index < -0.39 is 6.10 Å². The highest BCUT2D eigenvalue weighted by atomic mass is 16.5. The van der Waals surface area contributed by atoms with Gasteiger partial charge in [0, 0.05) is 37.3 Å². The first kappa shape index (κ1) is 16.7. The molecule has 1 saturated heterocycles. The molecule has 3 aliphatic rings. The molecule has 0 spiro atoms. The van der Waals surface area contributed by atoms with Gasteiger partial charge < -0.3 is 14.5 Å². The highest BCUT2D eigenvalue weighted by molar-refractivity contribution is 5.82. The van der Waals surface area contributed by atoms with Gasteiger partial charge in [-0.05, 0) is 30.4 Å². The zero-order valence-electron chi connectivity index (χ0n) is 15.4. The molecule has 1 unspecified atom stereocenters. The minimum atomic E-state index is -0.427. The number of morpholine rings is 1. The molecule has 0 bridgehead atoms. The summed E-state index contributed by atoms with van der Waals surface area (Å²) >= 11 is 0. The topological polar surface area (TPSA) is 58.6 Å². The van der Waals surface area contributed by atoms with Crippen molar-refractivity contribution in [3.05, 3.63) is 53.5 Å². The maximum absolute atomic E-state index is 13.1. The van der Waals surface area contributed by atoms with Gasteiger partial charge in [0.15, 0.2) is 6.10 Å². The summed E-state index contributed by atoms with van der Waals surface area (Å²) in [5.74, 6) is 1.60. The van der Waals surface area contributed by atoms with Gasteiger partial charge >= 0.3 is 0 Å². The summed E-state index contributed by atoms with van der Waals surface area (Å²) in [7, 11) is 0. The molecule has 0 radical (unpaired) electrons. The van der Waals surface area contributed by atoms with Gasteiger partial charge in [-0.1, -0.05) is 24.3 Å². The summed E-state index contributed by atoms with van der Waals surface area (Å²) in [5, 5.41) is 0. The van der Waals surface area contributed by atoms with E-state index in [-0.39, 0.29) is 5.91 Å². The molecule has 1 atom stereocenters. The zero-order valence-corrected chi connectivity index (χ0v) is 15.4. The average Bonchev–Trinajstić information content (AvgIpc) is 3.58. The highest BCUT2D eigenvalue weighted by Gasteiger charge is 2.33. The van der Waals surface area contributed by atoms with Gasteiger partial charge in [0.2, 0.25) is 0 Å². The minimum Gasteiger partial charge on any atom is -0.365 e. The van der Waals surface area contributed by atoms with E-state index in [4.69, 9.17) is 4.74 Å². The Balaban J connectivity index is 1.28. The molecule has 1 aliphatic carbocycles. The lowest BCUT2D eigenvalue weighted by molar-refractivity contribution is -0.145. The van der Waals surface area contributed by atoms with Crippen LogP contribution in [0.25, 0.3) is 0 Å². The molecule has 2 fully saturated rings. The predicted molar refractivity (Wildman–Crippen MR) is 102 cm³/mol. The number of aromatic nitrogens is 2. The molecule has 2 aliphatic heterocycles. The first-order chi connectivity index (χ1) is 13.3. The largest absolute Gasteiger partial charge is 0.365 e. The fraction of sp³-hybridized carbons (Fsp3) is 0.476. The number of carbonyl (C=O) groups is 1. The minimum absolute atomic E-state index is 0.0886. The third-order valence-electron chi connectivity index (χ3n) is 5.78. The molecule has 2 aromatic rings. The van der Waals surface area contributed by atoms with Gasteiger partial charge in [0.1, 0.15) is 12.1 Å². The number of ether oxygens (including phenoxy) is 1. The van der Waals surface area contributed by atoms with E-state index in [9.17, 15) is 4.79 Å². The van der Waals surface area contributed by atoms with Crippen molar-refractivity contribution in [3.63, 3.8) is 0 Å². The Kier molecular flexibility index (Phi) is 4.28. The molecule has 1 aromatic carbocycles. The number of fused-ring (bicyclic) bond motifs is 1. The first-order valence-corrected chi connectivity index (χ1v) is 9.82. The lowest BCUT2D eigenvalue weighted by Crippen LogP contribution is -2.52. The van der Waals surface area contributed by atoms with Crippen molar-refractivity contribution in [2.75, 3.05) is 31.1 Å². The summed E-state index contributed by atoms with van der Waals surface area (Å²) < 4.78 is 5.85. The van der Waals surface area contributed by atoms with Crippen molar-refractivity contribution in [1.29, 1.82) is 0 Å². The van der Waals surface area contributed by atoms with E-state index in [1.54, 1.807) is 6.33 Å². The van der Waals surface area contributed by atoms with Gasteiger partial charge in [0.05, 0.1) is 13.2 Å². The molecule has 27 heavy (non-hydrogen) atoms. The third kappa shape index (κ3) is 3.41. The monoisotopic (exact) mass is 364 g/mol. The Morgan fingerprint density at radius 3 is 2.81 bits per heavy atom. The fourth-order valence-corrected chi connectivity index (χ4v) is 4.03. The zero-order chi connectivity index (χ0) is 18.2. The van der Waals surface area contributed by atoms with Crippen molar-refractivity contribution >= 4 is 11.7 Å². The Morgan fingerprint density at radius 2 is 1.96 bits per heavy atom. The first-order valence-electron chi connectivity index (χ1n) is 9.82. The van der Waals surface area contributed by atoms with E-state index in [0.717, 1.165) is 31.0 Å². The molecular weight excluding hydrogens is 340 g/mol. The van der Waals surface area contributed by atoms with Crippen LogP contribution in [0, 0.1) is 0 Å². The Hall–Kier alpha value is -2.47. The molecule has 6 heteroatoms. The van der Waals surface area contributed by atoms with Crippen LogP contribution in [0.3, 0.4) is 0 Å². The average molecular weight is 364 g/mol. The van der Waals surface area contributed by atoms with Gasteiger partial charge in [-0.3, -0.25) is 4.79 Å². The van der Waals surface area contributed by atoms with Crippen LogP contribution in [-0.2, 0) is 22.5 Å². The lowest BCUT2D eigenvalue weighted by atomic mass is 9.99. The van der Waals surface area contributed by atoms with Crippen LogP contribution in [0.2, 0.25) is 0 Å². The second-order valence-electron chi connectivity index (χ2n) is 7.66. The van der Waals surface area contributed by atoms with E-state index in [1.807, 2.05) is 11.0 Å². The number of amides is 1. The summed E-state index contributed by atoms with van der Waals surface area (Å²) in [4.78, 5) is 26.0. The standard InChI is InChI=1S/C21H24N4O2/c26-21(25-8-7-15-3-1-2-4-17(15)12-25)19-13-24(9-10-27-19)20-11-18(16-5-6-16)22-14-23-20/h1-4,11,14,16,19H,5-10,12-13H2. The fourth-order valence-electron chi connectivity index (χ4n) is 4.03. The number of nitrogens with zero attached hydrogens (tertiary/aromatic N) is 4. The molecule has 1 amide bonds. The van der Waals surface area contributed by atoms with Crippen molar-refractivity contribution < 1.29 is 9.53 Å². The number of anilines is 1. The molecule has 1 aromatic heterocycles. The van der Waals surface area contributed by atoms with Crippen molar-refractivity contribution in [1.82, 2.24) is 14.9 Å². The van der Waals surface area contributed by atoms with E-state index >= 15 is 0 Å². The maximum atomic E-state index is 13.1. The molecule has 6 nitrogen and oxygen atoms in total. The van der Waals surface area contributed by atoms with Crippen molar-refractivity contribution in [2.45, 2.75) is 37.8 Å². The smallest absolute Gasteiger partial charge is 0.253 e. The second kappa shape index (κ2) is 6.93. The molecule has 5 rings (SSSR count). The summed E-state index contributed by atoms with van der Waals surface area (Å²) in [6.45, 7) is 3.29. The highest BCUT2D eigenvalue weighted by Crippen LogP contribution is 2.39. The Labute approximate surface area is 159 Å². The van der Waals surface area contributed by atoms with Crippen LogP contribution in [0.15, 0.2) is 36.7 Å². The molecule has 140 valence electrons. The van der Waals surface area contributed by atoms with Crippen molar-refractivity contribution in [3.8, 4) is 0 Å². The molecule has 3 heterocycles. The third-order valence-corrected chi connectivity index (χ3v) is 5.78. The van der Waals surface area contributed by atoms with Crippen molar-refractivity contribution in [2.24, 2.45) is 0 Å². The molecule has 1 saturated carbocycles. The van der Waals surface area contributed by atoms with Gasteiger partial charge in [-0.25, -0.2) is 9.97 Å². The molecular formula is C21H24N4O2. The summed E-state index contributed by atoms with van der Waals surface area (Å²) in [6, 6.07) is 10.5. The van der Waals surface area contributed by atoms with Crippen LogP contribution in [-0.4, -0.2) is 53.1 Å². The van der Waals surface area contributed by atoms with Crippen LogP contribution >= 0.6 is 0 Å². The number of benzene rings is 1.